The van der Waals surface area contributed by atoms with Gasteiger partial charge in [-0.05, 0) is 151 Å². The minimum absolute atomic E-state index is 0.0778. The lowest BCUT2D eigenvalue weighted by molar-refractivity contribution is -0.131. The van der Waals surface area contributed by atoms with Crippen LogP contribution in [0.5, 0.6) is 0 Å². The Morgan fingerprint density at radius 1 is 0.312 bits per heavy atom. The van der Waals surface area contributed by atoms with E-state index in [0.717, 1.165) is 13.8 Å². The van der Waals surface area contributed by atoms with Crippen LogP contribution in [0, 0.1) is 116 Å². The largest absolute Gasteiger partial charge is 0.354 e. The van der Waals surface area contributed by atoms with Gasteiger partial charge in [0, 0.05) is 228 Å². The van der Waals surface area contributed by atoms with Gasteiger partial charge in [0.05, 0.1) is 97.3 Å². The van der Waals surface area contributed by atoms with Gasteiger partial charge in [-0.2, -0.15) is 0 Å². The third-order valence-electron chi connectivity index (χ3n) is 19.5. The smallest absolute Gasteiger partial charge is 0.302 e. The van der Waals surface area contributed by atoms with Crippen LogP contribution in [-0.2, 0) is 28.8 Å². The molecule has 0 spiro atoms. The molecule has 0 unspecified atom stereocenters. The number of anilines is 6. The number of carbonyl (C=O) groups excluding carboxylic acids is 6. The number of amides is 6. The number of piperidine rings is 6. The SMILES string of the molecule is [2H]c1nc(N(C([2H])([2H])[2H])[C@@]2([2H])C([2H])([2H])N(C(=O)C[N+]#[C-])C([2H])([2H])C([2H])([2H])[C@@]2([2H])C)c2c([2H])c(C)[nH]c2n1.[2H]c1nc(N(C([2H])([2H])[2H])[C@]2([2H])[C@H](C([2H])([2H])[2H])C([2H])([2H])C([2H])([2H])N(C(=O)C[N+]#[C-])C2([2H])[2H])c2c([2H])c(C)[nH]c2n1.[2H]c1nc(N(C([2H])([2H])[2H])[C@]2([2H])[C@H](C)C([2H])([2H])C([2H])([2H])N(C(=O)C[N+]#[C-])C2([2H])[2H])c2c([2H])c(C)[nH]c2n1.[2H]c1nc(N([C@@H]2[C@H](C([2H])([2H])[2H])C([2H])([2H])C([2H])([2H])N(C(=O)C[N+]#[C-])C2([2H])[2H])C([2H])([2H])[2H])c2c([2H])c(C)[nH]c2n1.[2H]c1nc(N([C@H]2C([2H])([2H])N(C(=O)C[N+]#[C-])C([2H])([2H])C([2H])([2H])[C@@]2([2H])C([2H])([2H])[2H])C([2H])([2H])[2H])c2c([2H])c(C)[nH]c2n1.[2H]c1nc(N([C@H]2C([2H])([2H])N(C(=O)C[N+]#[C-])C([2H])([2H])C([2H])([2H])[C@@]2([2H])C)C([2H])([2H])[2H])c2c([2H])c(C)[nH]c2n1. The normalized spacial score (nSPS) is 39.2. The standard InChI is InChI=1S/6C17H22N6O/c6*1-11-5-6-23(15(24)8-18-3)9-14(11)22(4)17-13-7-12(2)21-16(13)19-10-20-17/h6*7,10-11,14H,5-6,8-9H2,1-2,4H3,(H,19,20,21)/t6*11-,14+/m111111/s1/i4D3,5D2,6D2,7D,9D2,10D,11D,14D;1D3,4D3,5D2,6D2,7D,9D2,10D,14D;1D3,4D3,5D2,6D2,7D,9D2,10D,11D;4D3,5D2,6D2,7D,9D2,10D,14D;4D3,5D2,6D2,7D,9D2,10D,11D;1D3,4D3,5D2,6D2,7D,9D2,10D. The van der Waals surface area contributed by atoms with Crippen molar-refractivity contribution >= 4 is 137 Å². The summed E-state index contributed by atoms with van der Waals surface area (Å²) in [4.78, 5) is 153. The summed E-state index contributed by atoms with van der Waals surface area (Å²) in [6, 6.07) is -21.4. The number of fused-ring (bicyclic) bond motifs is 6. The van der Waals surface area contributed by atoms with Crippen molar-refractivity contribution in [1.82, 2.24) is 119 Å². The predicted octanol–water partition coefficient (Wildman–Crippen LogP) is 11.2. The van der Waals surface area contributed by atoms with Crippen molar-refractivity contribution < 1.29 is 140 Å². The van der Waals surface area contributed by atoms with Gasteiger partial charge in [0.25, 0.3) is 39.3 Å². The summed E-state index contributed by atoms with van der Waals surface area (Å²) in [6.45, 7) is -31.0. The predicted molar refractivity (Wildman–Crippen MR) is 556 cm³/mol. The Morgan fingerprint density at radius 2 is 0.542 bits per heavy atom. The fourth-order valence-corrected chi connectivity index (χ4v) is 12.9. The number of aromatic amines is 6. The molecule has 0 saturated carbocycles. The van der Waals surface area contributed by atoms with Crippen molar-refractivity contribution in [2.24, 2.45) is 35.4 Å². The molecule has 12 aromatic rings. The molecule has 6 saturated heterocycles. The van der Waals surface area contributed by atoms with E-state index in [1.807, 2.05) is 0 Å². The first kappa shape index (κ1) is 42.4. The van der Waals surface area contributed by atoms with Gasteiger partial charge in [-0.1, -0.05) is 41.3 Å². The first-order chi connectivity index (χ1) is 101. The van der Waals surface area contributed by atoms with E-state index in [2.05, 4.69) is 119 Å². The second-order valence-electron chi connectivity index (χ2n) is 29.8. The van der Waals surface area contributed by atoms with E-state index in [4.69, 9.17) is 146 Å². The Labute approximate surface area is 953 Å². The molecule has 6 N–H and O–H groups in total. The van der Waals surface area contributed by atoms with Crippen LogP contribution in [0.15, 0.2) is 74.1 Å². The van der Waals surface area contributed by atoms with Gasteiger partial charge < -0.3 is 118 Å². The zero-order chi connectivity index (χ0) is 174. The summed E-state index contributed by atoms with van der Waals surface area (Å²) < 4.78 is 677. The summed E-state index contributed by atoms with van der Waals surface area (Å²) in [5.74, 6) is -32.6. The fraction of sp³-hybridized carbons (Fsp3) is 0.529. The summed E-state index contributed by atoms with van der Waals surface area (Å²) in [6.07, 6.45) is -26.5. The molecule has 6 aliphatic rings. The van der Waals surface area contributed by atoms with E-state index >= 15 is 0 Å². The number of likely N-dealkylation sites (N-methyl/N-ethyl adjacent to an activating group) is 6. The number of carbonyl (C=O) groups is 6. The van der Waals surface area contributed by atoms with Crippen LogP contribution in [0.25, 0.3) is 95.3 Å². The molecular weight excluding hydrogens is 1830 g/mol. The number of likely N-dealkylation sites (tertiary alicyclic amines) is 6. The number of hydrogen-bond acceptors (Lipinski definition) is 24. The highest BCUT2D eigenvalue weighted by atomic mass is 16.2. The van der Waals surface area contributed by atoms with Crippen LogP contribution in [0.3, 0.4) is 0 Å². The minimum atomic E-state index is -4.00. The van der Waals surface area contributed by atoms with E-state index in [9.17, 15) is 32.9 Å². The van der Waals surface area contributed by atoms with Crippen molar-refractivity contribution in [3.8, 4) is 0 Å². The summed E-state index contributed by atoms with van der Waals surface area (Å²) in [7, 11) is 0. The fourth-order valence-electron chi connectivity index (χ4n) is 12.9. The Balaban J connectivity index is 0.000000214. The highest BCUT2D eigenvalue weighted by Crippen LogP contribution is 2.38. The van der Waals surface area contributed by atoms with Gasteiger partial charge >= 0.3 is 35.4 Å². The zero-order valence-corrected chi connectivity index (χ0v) is 76.1. The average Bonchev–Trinajstić information content (AvgIpc) is 1.44. The molecule has 0 radical (unpaired) electrons. The Kier molecular flexibility index (Phi) is 14.1. The molecule has 12 atom stereocenters. The maximum Gasteiger partial charge on any atom is 0.302 e. The lowest BCUT2D eigenvalue weighted by Crippen LogP contribution is -2.53. The highest BCUT2D eigenvalue weighted by molar-refractivity contribution is 5.94. The lowest BCUT2D eigenvalue weighted by Gasteiger charge is -2.41. The first-order valence-electron chi connectivity index (χ1n) is 81.5. The third-order valence-corrected chi connectivity index (χ3v) is 19.5. The molecule has 6 amide bonds. The van der Waals surface area contributed by atoms with E-state index in [1.165, 1.54) is 41.5 Å². The Morgan fingerprint density at radius 3 is 0.833 bits per heavy atom. The molecule has 6 fully saturated rings. The molecule has 756 valence electrons. The first-order valence-corrected chi connectivity index (χ1v) is 41.0. The molecule has 144 heavy (non-hydrogen) atoms. The van der Waals surface area contributed by atoms with Crippen LogP contribution in [0.4, 0.5) is 34.9 Å². The number of nitrogens with one attached hydrogen (secondary N) is 6. The molecule has 0 aromatic carbocycles. The van der Waals surface area contributed by atoms with Gasteiger partial charge in [0.1, 0.15) is 115 Å². The zero-order valence-electron chi connectivity index (χ0n) is 157. The molecule has 0 bridgehead atoms. The molecule has 18 heterocycles. The Bertz CT molecular complexity index is 11000. The number of aromatic nitrogens is 18. The van der Waals surface area contributed by atoms with Crippen LogP contribution >= 0.6 is 0 Å². The Hall–Kier alpha value is -15.7. The van der Waals surface area contributed by atoms with E-state index in [-0.39, 0.29) is 168 Å². The molecule has 42 heteroatoms. The van der Waals surface area contributed by atoms with Crippen LogP contribution in [0.2, 0.25) is 0 Å². The molecule has 42 nitrogen and oxygen atoms in total. The number of aryl methyl sites for hydroxylation is 6. The van der Waals surface area contributed by atoms with Crippen molar-refractivity contribution in [3.63, 3.8) is 0 Å². The summed E-state index contributed by atoms with van der Waals surface area (Å²) in [5, 5.41) is -2.17. The maximum absolute atomic E-state index is 12.9. The minimum Gasteiger partial charge on any atom is -0.354 e. The average molecular weight is 2040 g/mol. The number of rotatable bonds is 18. The maximum atomic E-state index is 12.9. The van der Waals surface area contributed by atoms with Gasteiger partial charge in [-0.15, -0.1) is 0 Å². The van der Waals surface area contributed by atoms with Crippen LogP contribution in [-0.4, -0.2) is 350 Å². The highest BCUT2D eigenvalue weighted by Gasteiger charge is 2.41. The van der Waals surface area contributed by atoms with Crippen LogP contribution in [0.1, 0.15) is 225 Å². The second-order valence-corrected chi connectivity index (χ2v) is 29.8. The summed E-state index contributed by atoms with van der Waals surface area (Å²) >= 11 is 0. The topological polar surface area (TPSA) is 417 Å². The van der Waals surface area contributed by atoms with Crippen molar-refractivity contribution in [1.29, 1.82) is 0 Å². The van der Waals surface area contributed by atoms with Crippen molar-refractivity contribution in [2.45, 2.75) is 157 Å². The van der Waals surface area contributed by atoms with Gasteiger partial charge in [-0.3, -0.25) is 28.8 Å². The third kappa shape index (κ3) is 24.5. The monoisotopic (exact) mass is 2040 g/mol. The van der Waals surface area contributed by atoms with E-state index in [0.29, 0.717) is 6.92 Å². The molecule has 12 aromatic heterocycles. The quantitative estimate of drug-likeness (QED) is 0.0435. The van der Waals surface area contributed by atoms with Gasteiger partial charge in [0.15, 0.2) is 0 Å². The number of hydrogen-bond donors (Lipinski definition) is 6. The molecule has 6 aliphatic heterocycles. The van der Waals surface area contributed by atoms with Crippen molar-refractivity contribution in [2.75, 3.05) is 188 Å². The molecule has 18 rings (SSSR count). The van der Waals surface area contributed by atoms with Gasteiger partial charge in [0.2, 0.25) is 0 Å². The molecular formula is C102H132N36O6. The summed E-state index contributed by atoms with van der Waals surface area (Å²) in [5.41, 5.74) is -0.449. The van der Waals surface area contributed by atoms with Gasteiger partial charge in [-0.25, -0.2) is 99.2 Å². The number of H-pyrrole nitrogens is 6. The van der Waals surface area contributed by atoms with Crippen LogP contribution < -0.4 is 29.4 Å². The van der Waals surface area contributed by atoms with Crippen molar-refractivity contribution in [3.05, 3.63) is 177 Å². The second kappa shape index (κ2) is 47.7. The molecule has 0 aliphatic carbocycles. The lowest BCUT2D eigenvalue weighted by atomic mass is 9.92. The van der Waals surface area contributed by atoms with E-state index in [1.54, 1.807) is 0 Å². The number of nitrogens with zero attached hydrogens (tertiary/aromatic N) is 30. The van der Waals surface area contributed by atoms with E-state index < -0.39 is 425 Å².